The molecule has 3 aromatic rings. The molecule has 1 amide bonds. The van der Waals surface area contributed by atoms with E-state index in [0.717, 1.165) is 36.3 Å². The summed E-state index contributed by atoms with van der Waals surface area (Å²) in [4.78, 5) is 29.7. The number of aromatic nitrogens is 1. The minimum absolute atomic E-state index is 0.0151. The zero-order valence-electron chi connectivity index (χ0n) is 18.9. The number of hydrogen-bond donors (Lipinski definition) is 1. The van der Waals surface area contributed by atoms with Crippen LogP contribution in [0, 0.1) is 22.0 Å². The molecule has 1 saturated heterocycles. The van der Waals surface area contributed by atoms with E-state index < -0.39 is 4.92 Å². The summed E-state index contributed by atoms with van der Waals surface area (Å²) in [5, 5.41) is 14.2. The van der Waals surface area contributed by atoms with Crippen LogP contribution < -0.4 is 5.32 Å². The molecule has 1 aromatic heterocycles. The van der Waals surface area contributed by atoms with Gasteiger partial charge in [0, 0.05) is 54.3 Å². The van der Waals surface area contributed by atoms with Gasteiger partial charge in [-0.3, -0.25) is 19.9 Å². The Kier molecular flexibility index (Phi) is 7.63. The van der Waals surface area contributed by atoms with E-state index in [4.69, 9.17) is 0 Å². The molecule has 7 nitrogen and oxygen atoms in total. The molecule has 0 atom stereocenters. The average molecular weight is 455 g/mol. The number of nitro benzene ring substituents is 1. The molecule has 0 unspecified atom stereocenters. The summed E-state index contributed by atoms with van der Waals surface area (Å²) in [7, 11) is 0. The molecule has 0 aliphatic carbocycles. The standard InChI is InChI=1S/C27H26N4O3/c32-27(29-16-19-30-17-2-1-3-18-30)23-7-4-21(5-8-23)6-9-24-20-25(31(33)34)10-11-26(24)22-12-14-28-15-13-22/h4-5,7-8,10-15,20H,1-3,16-19H2,(H,29,32). The zero-order valence-corrected chi connectivity index (χ0v) is 18.9. The first-order valence-electron chi connectivity index (χ1n) is 11.4. The number of rotatable bonds is 6. The van der Waals surface area contributed by atoms with E-state index in [-0.39, 0.29) is 11.6 Å². The molecule has 172 valence electrons. The first kappa shape index (κ1) is 23.1. The summed E-state index contributed by atoms with van der Waals surface area (Å²) >= 11 is 0. The Morgan fingerprint density at radius 3 is 2.44 bits per heavy atom. The molecule has 0 radical (unpaired) electrons. The number of piperidine rings is 1. The van der Waals surface area contributed by atoms with E-state index in [1.54, 1.807) is 42.7 Å². The predicted octanol–water partition coefficient (Wildman–Crippen LogP) is 4.27. The lowest BCUT2D eigenvalue weighted by Gasteiger charge is -2.26. The van der Waals surface area contributed by atoms with Gasteiger partial charge in [-0.05, 0) is 79.5 Å². The van der Waals surface area contributed by atoms with E-state index in [2.05, 4.69) is 27.0 Å². The van der Waals surface area contributed by atoms with Crippen molar-refractivity contribution < 1.29 is 9.72 Å². The Bertz CT molecular complexity index is 1210. The fraction of sp³-hybridized carbons (Fsp3) is 0.259. The van der Waals surface area contributed by atoms with Crippen molar-refractivity contribution in [2.24, 2.45) is 0 Å². The number of nitrogens with zero attached hydrogens (tertiary/aromatic N) is 3. The number of non-ortho nitro benzene ring substituents is 1. The van der Waals surface area contributed by atoms with Gasteiger partial charge in [-0.1, -0.05) is 18.3 Å². The molecule has 0 saturated carbocycles. The van der Waals surface area contributed by atoms with Gasteiger partial charge in [0.15, 0.2) is 0 Å². The molecule has 1 fully saturated rings. The second-order valence-electron chi connectivity index (χ2n) is 8.21. The van der Waals surface area contributed by atoms with Gasteiger partial charge in [-0.15, -0.1) is 0 Å². The predicted molar refractivity (Wildman–Crippen MR) is 131 cm³/mol. The summed E-state index contributed by atoms with van der Waals surface area (Å²) in [6.45, 7) is 3.72. The smallest absolute Gasteiger partial charge is 0.270 e. The normalized spacial score (nSPS) is 13.5. The number of nitro groups is 1. The van der Waals surface area contributed by atoms with Crippen molar-refractivity contribution in [3.8, 4) is 23.0 Å². The summed E-state index contributed by atoms with van der Waals surface area (Å²) < 4.78 is 0. The third kappa shape index (κ3) is 6.06. The lowest BCUT2D eigenvalue weighted by atomic mass is 10.00. The van der Waals surface area contributed by atoms with E-state index in [1.165, 1.54) is 31.4 Å². The maximum absolute atomic E-state index is 12.4. The van der Waals surface area contributed by atoms with Gasteiger partial charge in [0.25, 0.3) is 11.6 Å². The number of pyridine rings is 1. The highest BCUT2D eigenvalue weighted by Gasteiger charge is 2.12. The first-order valence-corrected chi connectivity index (χ1v) is 11.4. The van der Waals surface area contributed by atoms with E-state index >= 15 is 0 Å². The summed E-state index contributed by atoms with van der Waals surface area (Å²) in [6.07, 6.45) is 7.10. The molecule has 1 aliphatic rings. The van der Waals surface area contributed by atoms with Crippen LogP contribution >= 0.6 is 0 Å². The topological polar surface area (TPSA) is 88.4 Å². The van der Waals surface area contributed by atoms with Crippen LogP contribution in [0.25, 0.3) is 11.1 Å². The van der Waals surface area contributed by atoms with Crippen LogP contribution in [0.15, 0.2) is 67.0 Å². The monoisotopic (exact) mass is 454 g/mol. The van der Waals surface area contributed by atoms with Crippen LogP contribution in [0.5, 0.6) is 0 Å². The second kappa shape index (κ2) is 11.2. The SMILES string of the molecule is O=C(NCCN1CCCCC1)c1ccc(C#Cc2cc([N+](=O)[O-])ccc2-c2ccncc2)cc1. The van der Waals surface area contributed by atoms with E-state index in [9.17, 15) is 14.9 Å². The van der Waals surface area contributed by atoms with E-state index in [1.807, 2.05) is 12.1 Å². The van der Waals surface area contributed by atoms with Crippen LogP contribution in [0.2, 0.25) is 0 Å². The zero-order chi connectivity index (χ0) is 23.8. The van der Waals surface area contributed by atoms with Crippen molar-refractivity contribution in [3.63, 3.8) is 0 Å². The molecular formula is C27H26N4O3. The molecule has 1 aliphatic heterocycles. The Hall–Kier alpha value is -4.02. The maximum atomic E-state index is 12.4. The van der Waals surface area contributed by atoms with Gasteiger partial charge >= 0.3 is 0 Å². The summed E-state index contributed by atoms with van der Waals surface area (Å²) in [5.74, 6) is 6.02. The highest BCUT2D eigenvalue weighted by atomic mass is 16.6. The van der Waals surface area contributed by atoms with Gasteiger partial charge in [0.1, 0.15) is 0 Å². The highest BCUT2D eigenvalue weighted by Crippen LogP contribution is 2.26. The average Bonchev–Trinajstić information content (AvgIpc) is 2.88. The molecule has 2 aromatic carbocycles. The third-order valence-electron chi connectivity index (χ3n) is 5.86. The van der Waals surface area contributed by atoms with Crippen molar-refractivity contribution in [1.82, 2.24) is 15.2 Å². The fourth-order valence-electron chi connectivity index (χ4n) is 3.99. The number of benzene rings is 2. The maximum Gasteiger partial charge on any atom is 0.270 e. The van der Waals surface area contributed by atoms with Gasteiger partial charge in [0.2, 0.25) is 0 Å². The van der Waals surface area contributed by atoms with Crippen molar-refractivity contribution in [2.75, 3.05) is 26.2 Å². The van der Waals surface area contributed by atoms with Crippen LogP contribution in [0.3, 0.4) is 0 Å². The Morgan fingerprint density at radius 2 is 1.74 bits per heavy atom. The first-order chi connectivity index (χ1) is 16.6. The van der Waals surface area contributed by atoms with Crippen LogP contribution in [0.1, 0.15) is 40.7 Å². The summed E-state index contributed by atoms with van der Waals surface area (Å²) in [5.41, 5.74) is 3.52. The number of amides is 1. The second-order valence-corrected chi connectivity index (χ2v) is 8.21. The Morgan fingerprint density at radius 1 is 1.00 bits per heavy atom. The minimum atomic E-state index is -0.430. The van der Waals surface area contributed by atoms with Gasteiger partial charge in [-0.2, -0.15) is 0 Å². The number of hydrogen-bond acceptors (Lipinski definition) is 5. The van der Waals surface area contributed by atoms with Crippen LogP contribution in [0.4, 0.5) is 5.69 Å². The van der Waals surface area contributed by atoms with Crippen LogP contribution in [-0.2, 0) is 0 Å². The molecule has 2 heterocycles. The third-order valence-corrected chi connectivity index (χ3v) is 5.86. The molecule has 1 N–H and O–H groups in total. The lowest BCUT2D eigenvalue weighted by Crippen LogP contribution is -2.37. The van der Waals surface area contributed by atoms with Crippen molar-refractivity contribution in [2.45, 2.75) is 19.3 Å². The molecule has 34 heavy (non-hydrogen) atoms. The minimum Gasteiger partial charge on any atom is -0.351 e. The van der Waals surface area contributed by atoms with Crippen molar-refractivity contribution in [3.05, 3.63) is 93.8 Å². The molecule has 0 bridgehead atoms. The fourth-order valence-corrected chi connectivity index (χ4v) is 3.99. The molecule has 7 heteroatoms. The van der Waals surface area contributed by atoms with Crippen molar-refractivity contribution >= 4 is 11.6 Å². The van der Waals surface area contributed by atoms with Gasteiger partial charge in [-0.25, -0.2) is 0 Å². The number of nitrogens with one attached hydrogen (secondary N) is 1. The largest absolute Gasteiger partial charge is 0.351 e. The number of carbonyl (C=O) groups excluding carboxylic acids is 1. The lowest BCUT2D eigenvalue weighted by molar-refractivity contribution is -0.384. The molecular weight excluding hydrogens is 428 g/mol. The molecule has 4 rings (SSSR count). The number of likely N-dealkylation sites (tertiary alicyclic amines) is 1. The highest BCUT2D eigenvalue weighted by molar-refractivity contribution is 5.94. The summed E-state index contributed by atoms with van der Waals surface area (Å²) in [6, 6.07) is 15.4. The molecule has 0 spiro atoms. The van der Waals surface area contributed by atoms with E-state index in [0.29, 0.717) is 17.7 Å². The van der Waals surface area contributed by atoms with Gasteiger partial charge in [0.05, 0.1) is 4.92 Å². The van der Waals surface area contributed by atoms with Crippen molar-refractivity contribution in [1.29, 1.82) is 0 Å². The van der Waals surface area contributed by atoms with Gasteiger partial charge < -0.3 is 10.2 Å². The Balaban J connectivity index is 1.45. The number of carbonyl (C=O) groups is 1. The van der Waals surface area contributed by atoms with Crippen LogP contribution in [-0.4, -0.2) is 46.9 Å². The quantitative estimate of drug-likeness (QED) is 0.341. The Labute approximate surface area is 199 Å².